The maximum Gasteiger partial charge on any atom is 0.329 e. The fourth-order valence-corrected chi connectivity index (χ4v) is 1.90. The second-order valence-electron chi connectivity index (χ2n) is 4.37. The van der Waals surface area contributed by atoms with Crippen molar-refractivity contribution < 1.29 is 24.2 Å². The summed E-state index contributed by atoms with van der Waals surface area (Å²) in [4.78, 5) is 35.0. The van der Waals surface area contributed by atoms with Crippen molar-refractivity contribution in [1.29, 1.82) is 0 Å². The lowest BCUT2D eigenvalue weighted by Gasteiger charge is -2.15. The van der Waals surface area contributed by atoms with E-state index >= 15 is 0 Å². The first-order valence-corrected chi connectivity index (χ1v) is 6.31. The van der Waals surface area contributed by atoms with E-state index in [-0.39, 0.29) is 12.6 Å². The van der Waals surface area contributed by atoms with Crippen molar-refractivity contribution in [2.45, 2.75) is 0 Å². The Hall–Kier alpha value is -2.61. The molecule has 0 aliphatic carbocycles. The van der Waals surface area contributed by atoms with E-state index < -0.39 is 18.5 Å². The Kier molecular flexibility index (Phi) is 4.72. The van der Waals surface area contributed by atoms with Crippen LogP contribution < -0.4 is 15.5 Å². The van der Waals surface area contributed by atoms with Crippen molar-refractivity contribution >= 4 is 29.3 Å². The second-order valence-corrected chi connectivity index (χ2v) is 4.37. The third kappa shape index (κ3) is 4.18. The maximum atomic E-state index is 11.6. The standard InChI is InChI=1S/C13H15N3O5/c17-11(7-21-8-12(18)19)15-9-2-1-3-10(6-9)16-5-4-14-13(16)20/h1-3,6H,4-5,7-8H2,(H,14,20)(H,15,17)(H,18,19). The summed E-state index contributed by atoms with van der Waals surface area (Å²) in [6, 6.07) is 6.64. The molecule has 1 fully saturated rings. The molecule has 0 unspecified atom stereocenters. The summed E-state index contributed by atoms with van der Waals surface area (Å²) in [6.07, 6.45) is 0. The Bertz CT molecular complexity index is 560. The van der Waals surface area contributed by atoms with Gasteiger partial charge >= 0.3 is 12.0 Å². The molecule has 0 radical (unpaired) electrons. The minimum absolute atomic E-state index is 0.178. The highest BCUT2D eigenvalue weighted by Gasteiger charge is 2.21. The number of carbonyl (C=O) groups is 3. The molecule has 21 heavy (non-hydrogen) atoms. The number of rotatable bonds is 6. The normalized spacial score (nSPS) is 13.9. The highest BCUT2D eigenvalue weighted by molar-refractivity contribution is 5.96. The van der Waals surface area contributed by atoms with Crippen molar-refractivity contribution in [3.63, 3.8) is 0 Å². The van der Waals surface area contributed by atoms with Crippen LogP contribution in [0.3, 0.4) is 0 Å². The number of aliphatic carboxylic acids is 1. The Morgan fingerprint density at radius 1 is 1.38 bits per heavy atom. The zero-order valence-corrected chi connectivity index (χ0v) is 11.2. The van der Waals surface area contributed by atoms with Gasteiger partial charge in [0.25, 0.3) is 0 Å². The van der Waals surface area contributed by atoms with Gasteiger partial charge in [0.15, 0.2) is 0 Å². The molecular formula is C13H15N3O5. The van der Waals surface area contributed by atoms with Crippen LogP contribution in [0, 0.1) is 0 Å². The number of hydrogen-bond acceptors (Lipinski definition) is 4. The SMILES string of the molecule is O=C(O)COCC(=O)Nc1cccc(N2CCNC2=O)c1. The Balaban J connectivity index is 1.93. The molecule has 0 aromatic heterocycles. The quantitative estimate of drug-likeness (QED) is 0.697. The summed E-state index contributed by atoms with van der Waals surface area (Å²) in [7, 11) is 0. The largest absolute Gasteiger partial charge is 0.480 e. The number of nitrogens with zero attached hydrogens (tertiary/aromatic N) is 1. The predicted octanol–water partition coefficient (Wildman–Crippen LogP) is 0.256. The monoisotopic (exact) mass is 293 g/mol. The minimum atomic E-state index is -1.13. The average Bonchev–Trinajstić information content (AvgIpc) is 2.85. The first-order valence-electron chi connectivity index (χ1n) is 6.31. The van der Waals surface area contributed by atoms with E-state index in [2.05, 4.69) is 10.6 Å². The van der Waals surface area contributed by atoms with Crippen LogP contribution in [-0.2, 0) is 14.3 Å². The summed E-state index contributed by atoms with van der Waals surface area (Å²) >= 11 is 0. The molecule has 112 valence electrons. The van der Waals surface area contributed by atoms with Crippen LogP contribution in [0.4, 0.5) is 16.2 Å². The van der Waals surface area contributed by atoms with Gasteiger partial charge in [-0.1, -0.05) is 6.07 Å². The lowest BCUT2D eigenvalue weighted by Crippen LogP contribution is -2.27. The number of amides is 3. The molecule has 1 saturated heterocycles. The highest BCUT2D eigenvalue weighted by Crippen LogP contribution is 2.20. The topological polar surface area (TPSA) is 108 Å². The van der Waals surface area contributed by atoms with Crippen molar-refractivity contribution in [2.24, 2.45) is 0 Å². The van der Waals surface area contributed by atoms with E-state index in [0.717, 1.165) is 0 Å². The van der Waals surface area contributed by atoms with E-state index in [1.165, 1.54) is 0 Å². The number of nitrogens with one attached hydrogen (secondary N) is 2. The van der Waals surface area contributed by atoms with Gasteiger partial charge in [0, 0.05) is 24.5 Å². The molecule has 1 aliphatic rings. The number of anilines is 2. The van der Waals surface area contributed by atoms with E-state index in [0.29, 0.717) is 24.5 Å². The predicted molar refractivity (Wildman–Crippen MR) is 74.3 cm³/mol. The van der Waals surface area contributed by atoms with Gasteiger partial charge in [-0.05, 0) is 18.2 Å². The fraction of sp³-hybridized carbons (Fsp3) is 0.308. The number of carboxylic acid groups (broad SMARTS) is 1. The molecule has 3 amide bonds. The van der Waals surface area contributed by atoms with Crippen molar-refractivity contribution in [3.05, 3.63) is 24.3 Å². The molecule has 1 aliphatic heterocycles. The van der Waals surface area contributed by atoms with Gasteiger partial charge in [-0.3, -0.25) is 9.69 Å². The summed E-state index contributed by atoms with van der Waals surface area (Å²) in [5, 5.41) is 13.7. The van der Waals surface area contributed by atoms with Gasteiger partial charge in [-0.25, -0.2) is 9.59 Å². The van der Waals surface area contributed by atoms with E-state index in [4.69, 9.17) is 9.84 Å². The molecule has 3 N–H and O–H groups in total. The Morgan fingerprint density at radius 2 is 2.19 bits per heavy atom. The summed E-state index contributed by atoms with van der Waals surface area (Å²) in [5.74, 6) is -1.59. The van der Waals surface area contributed by atoms with Crippen LogP contribution in [0.15, 0.2) is 24.3 Å². The molecule has 0 bridgehead atoms. The average molecular weight is 293 g/mol. The van der Waals surface area contributed by atoms with Crippen LogP contribution in [0.1, 0.15) is 0 Å². The number of ether oxygens (including phenoxy) is 1. The Morgan fingerprint density at radius 3 is 2.86 bits per heavy atom. The molecule has 2 rings (SSSR count). The van der Waals surface area contributed by atoms with Gasteiger partial charge in [-0.2, -0.15) is 0 Å². The van der Waals surface area contributed by atoms with Crippen LogP contribution in [0.2, 0.25) is 0 Å². The summed E-state index contributed by atoms with van der Waals surface area (Å²) in [6.45, 7) is 0.276. The molecule has 0 saturated carbocycles. The molecule has 8 nitrogen and oxygen atoms in total. The third-order valence-electron chi connectivity index (χ3n) is 2.76. The molecule has 0 spiro atoms. The zero-order valence-electron chi connectivity index (χ0n) is 11.2. The van der Waals surface area contributed by atoms with E-state index in [9.17, 15) is 14.4 Å². The molecule has 1 aromatic carbocycles. The van der Waals surface area contributed by atoms with Crippen LogP contribution in [-0.4, -0.2) is 49.3 Å². The number of urea groups is 1. The Labute approximate surface area is 120 Å². The molecule has 0 atom stereocenters. The second kappa shape index (κ2) is 6.71. The summed E-state index contributed by atoms with van der Waals surface area (Å²) < 4.78 is 4.69. The zero-order chi connectivity index (χ0) is 15.2. The highest BCUT2D eigenvalue weighted by atomic mass is 16.5. The van der Waals surface area contributed by atoms with Crippen LogP contribution in [0.5, 0.6) is 0 Å². The third-order valence-corrected chi connectivity index (χ3v) is 2.76. The van der Waals surface area contributed by atoms with Crippen molar-refractivity contribution in [3.8, 4) is 0 Å². The molecule has 1 heterocycles. The van der Waals surface area contributed by atoms with Gasteiger partial charge in [0.1, 0.15) is 13.2 Å². The number of benzene rings is 1. The maximum absolute atomic E-state index is 11.6. The van der Waals surface area contributed by atoms with Gasteiger partial charge in [-0.15, -0.1) is 0 Å². The smallest absolute Gasteiger partial charge is 0.329 e. The lowest BCUT2D eigenvalue weighted by molar-refractivity contribution is -0.143. The summed E-state index contributed by atoms with van der Waals surface area (Å²) in [5.41, 5.74) is 1.19. The van der Waals surface area contributed by atoms with Crippen LogP contribution in [0.25, 0.3) is 0 Å². The number of carbonyl (C=O) groups excluding carboxylic acids is 2. The van der Waals surface area contributed by atoms with Crippen LogP contribution >= 0.6 is 0 Å². The van der Waals surface area contributed by atoms with Gasteiger partial charge in [0.2, 0.25) is 5.91 Å². The number of carboxylic acids is 1. The van der Waals surface area contributed by atoms with Gasteiger partial charge < -0.3 is 20.5 Å². The van der Waals surface area contributed by atoms with Crippen molar-refractivity contribution in [1.82, 2.24) is 5.32 Å². The number of hydrogen-bond donors (Lipinski definition) is 3. The van der Waals surface area contributed by atoms with Crippen molar-refractivity contribution in [2.75, 3.05) is 36.5 Å². The minimum Gasteiger partial charge on any atom is -0.480 e. The first-order chi connectivity index (χ1) is 10.1. The fourth-order valence-electron chi connectivity index (χ4n) is 1.90. The van der Waals surface area contributed by atoms with Gasteiger partial charge in [0.05, 0.1) is 0 Å². The molecule has 8 heteroatoms. The van der Waals surface area contributed by atoms with E-state index in [1.807, 2.05) is 0 Å². The van der Waals surface area contributed by atoms with E-state index in [1.54, 1.807) is 29.2 Å². The first kappa shape index (κ1) is 14.8. The molecular weight excluding hydrogens is 278 g/mol. The lowest BCUT2D eigenvalue weighted by atomic mass is 10.2. The molecule has 1 aromatic rings.